The molecule has 0 saturated carbocycles. The van der Waals surface area contributed by atoms with E-state index in [-0.39, 0.29) is 30.5 Å². The van der Waals surface area contributed by atoms with Gasteiger partial charge in [0.1, 0.15) is 30.0 Å². The van der Waals surface area contributed by atoms with Gasteiger partial charge in [-0.3, -0.25) is 4.79 Å². The fourth-order valence-corrected chi connectivity index (χ4v) is 6.44. The second-order valence-electron chi connectivity index (χ2n) is 10.5. The average Bonchev–Trinajstić information content (AvgIpc) is 2.80. The molecule has 9 nitrogen and oxygen atoms in total. The number of hydrogen-bond donors (Lipinski definition) is 2. The molecule has 12 heteroatoms. The third-order valence-electron chi connectivity index (χ3n) is 6.69. The van der Waals surface area contributed by atoms with E-state index in [9.17, 15) is 23.2 Å². The number of nitrogens with zero attached hydrogens (tertiary/aromatic N) is 2. The first-order valence-corrected chi connectivity index (χ1v) is 15.7. The Hall–Kier alpha value is -3.51. The molecule has 2 aliphatic heterocycles. The smallest absolute Gasteiger partial charge is 0.329 e. The van der Waals surface area contributed by atoms with E-state index in [1.165, 1.54) is 16.9 Å². The van der Waals surface area contributed by atoms with E-state index >= 15 is 0 Å². The quantitative estimate of drug-likeness (QED) is 0.516. The third-order valence-corrected chi connectivity index (χ3v) is 8.67. The summed E-state index contributed by atoms with van der Waals surface area (Å²) in [5.74, 6) is -2.53. The van der Waals surface area contributed by atoms with Crippen molar-refractivity contribution in [1.82, 2.24) is 9.80 Å². The monoisotopic (exact) mass is 547 g/mol. The molecule has 0 aliphatic carbocycles. The molecule has 4 rings (SSSR count). The van der Waals surface area contributed by atoms with Crippen LogP contribution in [0.25, 0.3) is 0 Å². The largest absolute Gasteiger partial charge is 0.497 e. The van der Waals surface area contributed by atoms with E-state index < -0.39 is 56.4 Å². The van der Waals surface area contributed by atoms with Crippen LogP contribution in [0.5, 0.6) is 5.75 Å². The van der Waals surface area contributed by atoms with E-state index in [0.29, 0.717) is 17.7 Å². The number of carboxylic acids is 1. The zero-order valence-electron chi connectivity index (χ0n) is 21.7. The highest BCUT2D eigenvalue weighted by atomic mass is 28.3. The van der Waals surface area contributed by atoms with Crippen LogP contribution in [0.1, 0.15) is 17.2 Å². The van der Waals surface area contributed by atoms with Gasteiger partial charge >= 0.3 is 12.0 Å². The Morgan fingerprint density at radius 2 is 1.76 bits per heavy atom. The maximum Gasteiger partial charge on any atom is 0.329 e. The summed E-state index contributed by atoms with van der Waals surface area (Å²) in [7, 11) is -0.772. The number of methoxy groups -OCH3 is 1. The van der Waals surface area contributed by atoms with Gasteiger partial charge in [0.2, 0.25) is 0 Å². The van der Waals surface area contributed by atoms with Crippen LogP contribution in [-0.2, 0) is 20.7 Å². The van der Waals surface area contributed by atoms with E-state index in [2.05, 4.69) is 5.32 Å². The van der Waals surface area contributed by atoms with Crippen LogP contribution in [0.15, 0.2) is 30.3 Å². The highest BCUT2D eigenvalue weighted by Gasteiger charge is 2.42. The van der Waals surface area contributed by atoms with E-state index in [4.69, 9.17) is 14.6 Å². The van der Waals surface area contributed by atoms with Crippen LogP contribution < -0.4 is 15.2 Å². The first-order valence-electron chi connectivity index (χ1n) is 12.2. The van der Waals surface area contributed by atoms with Crippen LogP contribution in [0.3, 0.4) is 0 Å². The first kappa shape index (κ1) is 27.5. The van der Waals surface area contributed by atoms with Gasteiger partial charge in [-0.15, -0.1) is 0 Å². The van der Waals surface area contributed by atoms with Gasteiger partial charge in [-0.2, -0.15) is 0 Å². The molecule has 0 aromatic heterocycles. The number of benzene rings is 2. The fourth-order valence-electron chi connectivity index (χ4n) is 4.86. The number of fused-ring (bicyclic) bond motifs is 1. The molecule has 0 radical (unpaired) electrons. The normalized spacial score (nSPS) is 17.5. The zero-order valence-corrected chi connectivity index (χ0v) is 22.7. The molecular weight excluding hydrogens is 516 g/mol. The van der Waals surface area contributed by atoms with Crippen molar-refractivity contribution >= 4 is 36.9 Å². The summed E-state index contributed by atoms with van der Waals surface area (Å²) in [6.07, 6.45) is 0.0720. The Morgan fingerprint density at radius 3 is 2.34 bits per heavy atom. The second kappa shape index (κ2) is 10.7. The minimum Gasteiger partial charge on any atom is -0.497 e. The summed E-state index contributed by atoms with van der Waals surface area (Å²) in [4.78, 5) is 40.6. The molecule has 1 saturated heterocycles. The first-order chi connectivity index (χ1) is 17.9. The number of nitrogens with one attached hydrogen (secondary N) is 1. The molecule has 1 unspecified atom stereocenters. The molecule has 38 heavy (non-hydrogen) atoms. The van der Waals surface area contributed by atoms with Crippen LogP contribution in [-0.4, -0.2) is 80.3 Å². The standard InChI is InChI=1S/C26H31F2N3O6Si/c1-36-17-5-6-19-15(9-17)7-8-31(26(35)30-12-18(13-30)37-14-22(32)33)23(19)25(34)29-16-10-20(27)24(21(28)11-16)38(2,3)4/h5-6,9-11,18,23H,7-8,12-14H2,1-4H3,(H,29,34)(H,32,33). The molecule has 2 aromatic rings. The van der Waals surface area contributed by atoms with Gasteiger partial charge in [0.05, 0.1) is 34.4 Å². The predicted molar refractivity (Wildman–Crippen MR) is 138 cm³/mol. The number of ether oxygens (including phenoxy) is 2. The number of hydrogen-bond acceptors (Lipinski definition) is 5. The lowest BCUT2D eigenvalue weighted by molar-refractivity contribution is -0.147. The van der Waals surface area contributed by atoms with Crippen molar-refractivity contribution < 1.29 is 37.7 Å². The lowest BCUT2D eigenvalue weighted by atomic mass is 9.91. The highest BCUT2D eigenvalue weighted by Crippen LogP contribution is 2.35. The van der Waals surface area contributed by atoms with Crippen molar-refractivity contribution in [3.8, 4) is 5.75 Å². The molecule has 1 atom stereocenters. The molecule has 0 spiro atoms. The lowest BCUT2D eigenvalue weighted by Gasteiger charge is -2.44. The summed E-state index contributed by atoms with van der Waals surface area (Å²) in [6.45, 7) is 5.65. The number of carboxylic acid groups (broad SMARTS) is 1. The summed E-state index contributed by atoms with van der Waals surface area (Å²) in [5, 5.41) is 11.4. The van der Waals surface area contributed by atoms with Crippen molar-refractivity contribution in [3.05, 3.63) is 53.1 Å². The van der Waals surface area contributed by atoms with Gasteiger partial charge < -0.3 is 29.7 Å². The number of amides is 3. The van der Waals surface area contributed by atoms with E-state index in [1.54, 1.807) is 18.2 Å². The Kier molecular flexibility index (Phi) is 7.74. The minimum absolute atomic E-state index is 0.0360. The van der Waals surface area contributed by atoms with Gasteiger partial charge in [-0.1, -0.05) is 25.7 Å². The summed E-state index contributed by atoms with van der Waals surface area (Å²) < 4.78 is 40.2. The van der Waals surface area contributed by atoms with Gasteiger partial charge in [-0.25, -0.2) is 18.4 Å². The Morgan fingerprint density at radius 1 is 1.11 bits per heavy atom. The Bertz CT molecular complexity index is 1240. The van der Waals surface area contributed by atoms with Crippen molar-refractivity contribution in [2.75, 3.05) is 38.7 Å². The number of carbonyl (C=O) groups is 3. The molecule has 2 heterocycles. The number of anilines is 1. The second-order valence-corrected chi connectivity index (χ2v) is 15.5. The Balaban J connectivity index is 1.59. The molecular formula is C26H31F2N3O6Si. The highest BCUT2D eigenvalue weighted by molar-refractivity contribution is 6.88. The molecule has 0 bridgehead atoms. The van der Waals surface area contributed by atoms with Crippen LogP contribution in [0.4, 0.5) is 19.3 Å². The topological polar surface area (TPSA) is 108 Å². The van der Waals surface area contributed by atoms with Crippen molar-refractivity contribution in [1.29, 1.82) is 0 Å². The van der Waals surface area contributed by atoms with Gasteiger partial charge in [0.15, 0.2) is 0 Å². The number of carbonyl (C=O) groups excluding carboxylic acids is 2. The number of rotatable bonds is 7. The number of likely N-dealkylation sites (tertiary alicyclic amines) is 1. The number of halogens is 2. The maximum absolute atomic E-state index is 14.8. The average molecular weight is 548 g/mol. The molecule has 1 fully saturated rings. The summed E-state index contributed by atoms with van der Waals surface area (Å²) >= 11 is 0. The molecule has 2 N–H and O–H groups in total. The van der Waals surface area contributed by atoms with E-state index in [0.717, 1.165) is 17.7 Å². The molecule has 3 amide bonds. The lowest BCUT2D eigenvalue weighted by Crippen LogP contribution is -2.60. The van der Waals surface area contributed by atoms with Crippen LogP contribution in [0.2, 0.25) is 19.6 Å². The number of aliphatic carboxylic acids is 1. The van der Waals surface area contributed by atoms with Crippen molar-refractivity contribution in [3.63, 3.8) is 0 Å². The Labute approximate surface area is 220 Å². The van der Waals surface area contributed by atoms with Crippen LogP contribution >= 0.6 is 0 Å². The van der Waals surface area contributed by atoms with Gasteiger partial charge in [-0.05, 0) is 41.8 Å². The van der Waals surface area contributed by atoms with E-state index in [1.807, 2.05) is 19.6 Å². The third kappa shape index (κ3) is 5.65. The van der Waals surface area contributed by atoms with Crippen molar-refractivity contribution in [2.45, 2.75) is 38.2 Å². The van der Waals surface area contributed by atoms with Crippen molar-refractivity contribution in [2.24, 2.45) is 0 Å². The van der Waals surface area contributed by atoms with Crippen LogP contribution in [0, 0.1) is 11.6 Å². The predicted octanol–water partition coefficient (Wildman–Crippen LogP) is 2.96. The molecule has 204 valence electrons. The summed E-state index contributed by atoms with van der Waals surface area (Å²) in [5.41, 5.74) is 1.37. The SMILES string of the molecule is COc1ccc2c(c1)CCN(C(=O)N1CC(OCC(=O)O)C1)C2C(=O)Nc1cc(F)c([Si](C)(C)C)c(F)c1. The zero-order chi connectivity index (χ0) is 27.8. The molecule has 2 aromatic carbocycles. The fraction of sp³-hybridized carbons (Fsp3) is 0.423. The maximum atomic E-state index is 14.8. The van der Waals surface area contributed by atoms with Gasteiger partial charge in [0, 0.05) is 17.4 Å². The van der Waals surface area contributed by atoms with Gasteiger partial charge in [0.25, 0.3) is 5.91 Å². The summed E-state index contributed by atoms with van der Waals surface area (Å²) in [6, 6.07) is 5.96. The number of urea groups is 1. The molecule has 2 aliphatic rings. The minimum atomic E-state index is -2.30.